The molecule has 0 aliphatic carbocycles. The van der Waals surface area contributed by atoms with E-state index in [1.807, 2.05) is 20.8 Å². The molecule has 2 rings (SSSR count). The van der Waals surface area contributed by atoms with Crippen molar-refractivity contribution in [1.82, 2.24) is 9.97 Å². The van der Waals surface area contributed by atoms with Crippen molar-refractivity contribution in [3.63, 3.8) is 0 Å². The second-order valence-electron chi connectivity index (χ2n) is 4.97. The number of ether oxygens (including phenoxy) is 1. The van der Waals surface area contributed by atoms with Crippen LogP contribution in [0.2, 0.25) is 10.4 Å². The summed E-state index contributed by atoms with van der Waals surface area (Å²) < 4.78 is 5.30. The van der Waals surface area contributed by atoms with Gasteiger partial charge in [-0.25, -0.2) is 9.78 Å². The number of carbonyl (C=O) groups excluding carboxylic acids is 1. The number of carbonyl (C=O) groups is 1. The van der Waals surface area contributed by atoms with Crippen LogP contribution in [-0.2, 0) is 11.2 Å². The molecule has 0 radical (unpaired) electrons. The third kappa shape index (κ3) is 2.67. The summed E-state index contributed by atoms with van der Waals surface area (Å²) >= 11 is 11.7. The molecule has 0 aromatic carbocycles. The van der Waals surface area contributed by atoms with Gasteiger partial charge in [0.25, 0.3) is 0 Å². The molecule has 0 unspecified atom stereocenters. The molecule has 5 nitrogen and oxygen atoms in total. The van der Waals surface area contributed by atoms with Crippen LogP contribution in [0.1, 0.15) is 26.3 Å². The molecule has 0 fully saturated rings. The summed E-state index contributed by atoms with van der Waals surface area (Å²) in [7, 11) is 0. The van der Waals surface area contributed by atoms with Gasteiger partial charge in [0.2, 0.25) is 5.28 Å². The van der Waals surface area contributed by atoms with Crippen molar-refractivity contribution in [3.8, 4) is 0 Å². The van der Waals surface area contributed by atoms with E-state index in [1.165, 1.54) is 4.90 Å². The number of fused-ring (bicyclic) bond motifs is 1. The summed E-state index contributed by atoms with van der Waals surface area (Å²) in [6.07, 6.45) is 0.150. The normalized spacial score (nSPS) is 14.6. The van der Waals surface area contributed by atoms with Crippen LogP contribution >= 0.6 is 23.2 Å². The third-order valence-corrected chi connectivity index (χ3v) is 2.84. The molecule has 7 heteroatoms. The molecule has 1 aromatic heterocycles. The number of rotatable bonds is 0. The summed E-state index contributed by atoms with van der Waals surface area (Å²) in [6.45, 7) is 5.89. The van der Waals surface area contributed by atoms with Gasteiger partial charge in [-0.05, 0) is 38.8 Å². The number of anilines is 1. The summed E-state index contributed by atoms with van der Waals surface area (Å²) in [5.74, 6) is 0.439. The topological polar surface area (TPSA) is 55.3 Å². The third-order valence-electron chi connectivity index (χ3n) is 2.36. The van der Waals surface area contributed by atoms with E-state index in [0.717, 1.165) is 5.56 Å². The van der Waals surface area contributed by atoms with E-state index in [1.54, 1.807) is 0 Å². The van der Waals surface area contributed by atoms with Crippen LogP contribution < -0.4 is 4.90 Å². The molecule has 0 saturated carbocycles. The van der Waals surface area contributed by atoms with Crippen LogP contribution in [0.5, 0.6) is 0 Å². The SMILES string of the molecule is CC(C)(C)OC(=O)N1CCc2c(Cl)nc(Cl)nc21. The van der Waals surface area contributed by atoms with Gasteiger partial charge in [-0.3, -0.25) is 4.90 Å². The van der Waals surface area contributed by atoms with Gasteiger partial charge in [-0.15, -0.1) is 0 Å². The number of hydrogen-bond acceptors (Lipinski definition) is 4. The molecular formula is C11H13Cl2N3O2. The zero-order chi connectivity index (χ0) is 13.5. The van der Waals surface area contributed by atoms with Crippen molar-refractivity contribution >= 4 is 35.1 Å². The molecule has 0 saturated heterocycles. The lowest BCUT2D eigenvalue weighted by atomic mass is 10.2. The van der Waals surface area contributed by atoms with E-state index < -0.39 is 11.7 Å². The maximum atomic E-state index is 12.0. The molecule has 1 aliphatic rings. The van der Waals surface area contributed by atoms with Gasteiger partial charge in [0.1, 0.15) is 16.6 Å². The molecule has 0 N–H and O–H groups in total. The Bertz CT molecular complexity index is 500. The average molecular weight is 290 g/mol. The Labute approximate surface area is 115 Å². The van der Waals surface area contributed by atoms with Gasteiger partial charge in [0.05, 0.1) is 0 Å². The quantitative estimate of drug-likeness (QED) is 0.544. The molecule has 1 aromatic rings. The van der Waals surface area contributed by atoms with Crippen LogP contribution in [0, 0.1) is 0 Å². The van der Waals surface area contributed by atoms with E-state index in [-0.39, 0.29) is 10.4 Å². The minimum absolute atomic E-state index is 0.0224. The van der Waals surface area contributed by atoms with Crippen LogP contribution in [-0.4, -0.2) is 28.2 Å². The highest BCUT2D eigenvalue weighted by Gasteiger charge is 2.32. The molecule has 18 heavy (non-hydrogen) atoms. The fourth-order valence-electron chi connectivity index (χ4n) is 1.68. The lowest BCUT2D eigenvalue weighted by Gasteiger charge is -2.24. The summed E-state index contributed by atoms with van der Waals surface area (Å²) in [4.78, 5) is 21.3. The van der Waals surface area contributed by atoms with Crippen LogP contribution in [0.3, 0.4) is 0 Å². The van der Waals surface area contributed by atoms with Crippen molar-refractivity contribution in [2.75, 3.05) is 11.4 Å². The minimum atomic E-state index is -0.555. The minimum Gasteiger partial charge on any atom is -0.443 e. The lowest BCUT2D eigenvalue weighted by molar-refractivity contribution is 0.0583. The van der Waals surface area contributed by atoms with Crippen LogP contribution in [0.15, 0.2) is 0 Å². The van der Waals surface area contributed by atoms with E-state index >= 15 is 0 Å². The molecule has 1 aliphatic heterocycles. The molecule has 2 heterocycles. The first-order chi connectivity index (χ1) is 8.28. The van der Waals surface area contributed by atoms with Crippen molar-refractivity contribution in [2.24, 2.45) is 0 Å². The Balaban J connectivity index is 2.29. The number of amides is 1. The zero-order valence-electron chi connectivity index (χ0n) is 10.3. The van der Waals surface area contributed by atoms with E-state index in [9.17, 15) is 4.79 Å². The second-order valence-corrected chi connectivity index (χ2v) is 5.66. The largest absolute Gasteiger partial charge is 0.443 e. The predicted octanol–water partition coefficient (Wildman–Crippen LogP) is 3.08. The van der Waals surface area contributed by atoms with E-state index in [2.05, 4.69) is 9.97 Å². The fraction of sp³-hybridized carbons (Fsp3) is 0.545. The highest BCUT2D eigenvalue weighted by atomic mass is 35.5. The molecule has 0 atom stereocenters. The van der Waals surface area contributed by atoms with E-state index in [4.69, 9.17) is 27.9 Å². The number of hydrogen-bond donors (Lipinski definition) is 0. The molecular weight excluding hydrogens is 277 g/mol. The first-order valence-corrected chi connectivity index (χ1v) is 6.26. The standard InChI is InChI=1S/C11H13Cl2N3O2/c1-11(2,3)18-10(17)16-5-4-6-7(12)14-9(13)15-8(6)16/h4-5H2,1-3H3. The fourth-order valence-corrected chi connectivity index (χ4v) is 2.15. The van der Waals surface area contributed by atoms with Gasteiger partial charge >= 0.3 is 6.09 Å². The zero-order valence-corrected chi connectivity index (χ0v) is 11.8. The first-order valence-electron chi connectivity index (χ1n) is 5.50. The van der Waals surface area contributed by atoms with Gasteiger partial charge in [0, 0.05) is 12.1 Å². The monoisotopic (exact) mass is 289 g/mol. The number of halogens is 2. The summed E-state index contributed by atoms with van der Waals surface area (Å²) in [5, 5.41) is 0.310. The molecule has 1 amide bonds. The van der Waals surface area contributed by atoms with Gasteiger partial charge in [0.15, 0.2) is 0 Å². The Morgan fingerprint density at radius 2 is 2.00 bits per heavy atom. The van der Waals surface area contributed by atoms with E-state index in [0.29, 0.717) is 18.8 Å². The Kier molecular flexibility index (Phi) is 3.38. The second kappa shape index (κ2) is 4.55. The van der Waals surface area contributed by atoms with Crippen LogP contribution in [0.4, 0.5) is 10.6 Å². The van der Waals surface area contributed by atoms with Gasteiger partial charge in [-0.1, -0.05) is 11.6 Å². The number of aromatic nitrogens is 2. The highest BCUT2D eigenvalue weighted by molar-refractivity contribution is 6.32. The summed E-state index contributed by atoms with van der Waals surface area (Å²) in [6, 6.07) is 0. The maximum Gasteiger partial charge on any atom is 0.416 e. The predicted molar refractivity (Wildman–Crippen MR) is 69.3 cm³/mol. The van der Waals surface area contributed by atoms with Gasteiger partial charge < -0.3 is 4.74 Å². The van der Waals surface area contributed by atoms with Crippen molar-refractivity contribution in [3.05, 3.63) is 16.0 Å². The highest BCUT2D eigenvalue weighted by Crippen LogP contribution is 2.32. The molecule has 0 bridgehead atoms. The van der Waals surface area contributed by atoms with Gasteiger partial charge in [-0.2, -0.15) is 4.98 Å². The average Bonchev–Trinajstić information content (AvgIpc) is 2.58. The summed E-state index contributed by atoms with van der Waals surface area (Å²) in [5.41, 5.74) is 0.174. The van der Waals surface area contributed by atoms with Crippen LogP contribution in [0.25, 0.3) is 0 Å². The lowest BCUT2D eigenvalue weighted by Crippen LogP contribution is -2.36. The smallest absolute Gasteiger partial charge is 0.416 e. The van der Waals surface area contributed by atoms with Crippen molar-refractivity contribution in [1.29, 1.82) is 0 Å². The molecule has 98 valence electrons. The first kappa shape index (κ1) is 13.4. The van der Waals surface area contributed by atoms with Crippen molar-refractivity contribution in [2.45, 2.75) is 32.8 Å². The maximum absolute atomic E-state index is 12.0. The van der Waals surface area contributed by atoms with Crippen molar-refractivity contribution < 1.29 is 9.53 Å². The Hall–Kier alpha value is -1.07. The molecule has 0 spiro atoms. The Morgan fingerprint density at radius 1 is 1.33 bits per heavy atom. The Morgan fingerprint density at radius 3 is 2.61 bits per heavy atom. The number of nitrogens with zero attached hydrogens (tertiary/aromatic N) is 3.